The topological polar surface area (TPSA) is 84.2 Å². The van der Waals surface area contributed by atoms with Crippen LogP contribution >= 0.6 is 0 Å². The highest BCUT2D eigenvalue weighted by molar-refractivity contribution is 5.92. The maximum atomic E-state index is 11.9. The van der Waals surface area contributed by atoms with E-state index < -0.39 is 0 Å². The summed E-state index contributed by atoms with van der Waals surface area (Å²) in [6, 6.07) is 1.64. The zero-order valence-electron chi connectivity index (χ0n) is 12.5. The van der Waals surface area contributed by atoms with Crippen LogP contribution in [0.15, 0.2) is 29.2 Å². The van der Waals surface area contributed by atoms with Crippen LogP contribution in [0.3, 0.4) is 0 Å². The summed E-state index contributed by atoms with van der Waals surface area (Å²) in [5.41, 5.74) is 0.342. The minimum atomic E-state index is -0.173. The molecular weight excluding hydrogens is 282 g/mol. The van der Waals surface area contributed by atoms with E-state index in [1.54, 1.807) is 31.6 Å². The molecule has 0 bridgehead atoms. The molecule has 7 heteroatoms. The molecule has 3 rings (SSSR count). The number of anilines is 1. The second-order valence-corrected chi connectivity index (χ2v) is 5.53. The average molecular weight is 301 g/mol. The van der Waals surface area contributed by atoms with Gasteiger partial charge in [0.15, 0.2) is 5.69 Å². The highest BCUT2D eigenvalue weighted by Crippen LogP contribution is 2.20. The van der Waals surface area contributed by atoms with Gasteiger partial charge in [0.25, 0.3) is 5.91 Å². The van der Waals surface area contributed by atoms with Crippen LogP contribution in [0.1, 0.15) is 29.1 Å². The second kappa shape index (κ2) is 6.55. The number of rotatable bonds is 4. The molecule has 0 atom stereocenters. The Kier molecular flexibility index (Phi) is 4.32. The molecule has 1 saturated heterocycles. The van der Waals surface area contributed by atoms with E-state index in [2.05, 4.69) is 25.3 Å². The summed E-state index contributed by atoms with van der Waals surface area (Å²) in [6.07, 6.45) is 7.22. The largest absolute Gasteiger partial charge is 0.361 e. The quantitative estimate of drug-likeness (QED) is 0.919. The van der Waals surface area contributed by atoms with Crippen molar-refractivity contribution in [3.8, 4) is 0 Å². The minimum absolute atomic E-state index is 0.173. The SMILES string of the molecule is Cc1cc(C(=O)NCC2CCN(c3cnccn3)CC2)no1. The molecule has 1 aliphatic rings. The Morgan fingerprint density at radius 3 is 2.86 bits per heavy atom. The van der Waals surface area contributed by atoms with Gasteiger partial charge < -0.3 is 14.7 Å². The van der Waals surface area contributed by atoms with E-state index in [0.29, 0.717) is 23.9 Å². The molecule has 0 aromatic carbocycles. The molecule has 0 radical (unpaired) electrons. The normalized spacial score (nSPS) is 15.8. The number of aromatic nitrogens is 3. The summed E-state index contributed by atoms with van der Waals surface area (Å²) in [4.78, 5) is 22.6. The van der Waals surface area contributed by atoms with Crippen LogP contribution in [0.5, 0.6) is 0 Å². The lowest BCUT2D eigenvalue weighted by atomic mass is 9.97. The predicted octanol–water partition coefficient (Wildman–Crippen LogP) is 1.42. The molecule has 0 spiro atoms. The number of aryl methyl sites for hydroxylation is 1. The van der Waals surface area contributed by atoms with E-state index >= 15 is 0 Å². The Hall–Kier alpha value is -2.44. The average Bonchev–Trinajstić information content (AvgIpc) is 3.00. The number of piperidine rings is 1. The highest BCUT2D eigenvalue weighted by Gasteiger charge is 2.21. The number of nitrogens with zero attached hydrogens (tertiary/aromatic N) is 4. The van der Waals surface area contributed by atoms with Gasteiger partial charge in [-0.15, -0.1) is 0 Å². The molecule has 2 aromatic rings. The summed E-state index contributed by atoms with van der Waals surface area (Å²) in [5.74, 6) is 1.86. The summed E-state index contributed by atoms with van der Waals surface area (Å²) < 4.78 is 4.91. The van der Waals surface area contributed by atoms with Crippen LogP contribution in [0.4, 0.5) is 5.82 Å². The highest BCUT2D eigenvalue weighted by atomic mass is 16.5. The molecule has 7 nitrogen and oxygen atoms in total. The van der Waals surface area contributed by atoms with Crippen LogP contribution < -0.4 is 10.2 Å². The molecule has 0 saturated carbocycles. The van der Waals surface area contributed by atoms with Crippen LogP contribution in [-0.2, 0) is 0 Å². The second-order valence-electron chi connectivity index (χ2n) is 5.53. The first-order valence-corrected chi connectivity index (χ1v) is 7.45. The number of carbonyl (C=O) groups excluding carboxylic acids is 1. The van der Waals surface area contributed by atoms with Crippen molar-refractivity contribution < 1.29 is 9.32 Å². The van der Waals surface area contributed by atoms with Gasteiger partial charge in [-0.25, -0.2) is 4.98 Å². The van der Waals surface area contributed by atoms with E-state index in [-0.39, 0.29) is 5.91 Å². The van der Waals surface area contributed by atoms with Crippen molar-refractivity contribution >= 4 is 11.7 Å². The van der Waals surface area contributed by atoms with Crippen molar-refractivity contribution in [3.05, 3.63) is 36.1 Å². The molecule has 1 N–H and O–H groups in total. The van der Waals surface area contributed by atoms with Crippen molar-refractivity contribution in [3.63, 3.8) is 0 Å². The first kappa shape index (κ1) is 14.5. The van der Waals surface area contributed by atoms with E-state index in [9.17, 15) is 4.79 Å². The van der Waals surface area contributed by atoms with Gasteiger partial charge in [0.2, 0.25) is 0 Å². The number of hydrogen-bond donors (Lipinski definition) is 1. The number of amides is 1. The number of carbonyl (C=O) groups is 1. The maximum Gasteiger partial charge on any atom is 0.273 e. The Morgan fingerprint density at radius 2 is 2.23 bits per heavy atom. The van der Waals surface area contributed by atoms with Gasteiger partial charge in [-0.2, -0.15) is 0 Å². The summed E-state index contributed by atoms with van der Waals surface area (Å²) >= 11 is 0. The molecular formula is C15H19N5O2. The lowest BCUT2D eigenvalue weighted by Gasteiger charge is -2.32. The van der Waals surface area contributed by atoms with E-state index in [0.717, 1.165) is 31.7 Å². The molecule has 1 amide bonds. The fourth-order valence-corrected chi connectivity index (χ4v) is 2.62. The van der Waals surface area contributed by atoms with Crippen molar-refractivity contribution in [2.75, 3.05) is 24.5 Å². The third-order valence-corrected chi connectivity index (χ3v) is 3.90. The molecule has 22 heavy (non-hydrogen) atoms. The van der Waals surface area contributed by atoms with Crippen LogP contribution in [0.2, 0.25) is 0 Å². The monoisotopic (exact) mass is 301 g/mol. The smallest absolute Gasteiger partial charge is 0.273 e. The van der Waals surface area contributed by atoms with Gasteiger partial charge in [0.05, 0.1) is 6.20 Å². The van der Waals surface area contributed by atoms with Gasteiger partial charge >= 0.3 is 0 Å². The maximum absolute atomic E-state index is 11.9. The van der Waals surface area contributed by atoms with Gasteiger partial charge in [0, 0.05) is 38.1 Å². The third kappa shape index (κ3) is 3.41. The predicted molar refractivity (Wildman–Crippen MR) is 80.5 cm³/mol. The van der Waals surface area contributed by atoms with E-state index in [1.165, 1.54) is 0 Å². The van der Waals surface area contributed by atoms with Crippen molar-refractivity contribution in [2.45, 2.75) is 19.8 Å². The van der Waals surface area contributed by atoms with Gasteiger partial charge in [-0.05, 0) is 25.7 Å². The molecule has 3 heterocycles. The van der Waals surface area contributed by atoms with E-state index in [4.69, 9.17) is 4.52 Å². The van der Waals surface area contributed by atoms with Crippen LogP contribution in [0, 0.1) is 12.8 Å². The Morgan fingerprint density at radius 1 is 1.41 bits per heavy atom. The Labute approximate surface area is 128 Å². The van der Waals surface area contributed by atoms with E-state index in [1.807, 2.05) is 0 Å². The van der Waals surface area contributed by atoms with Gasteiger partial charge in [-0.1, -0.05) is 5.16 Å². The molecule has 2 aromatic heterocycles. The zero-order chi connectivity index (χ0) is 15.4. The minimum Gasteiger partial charge on any atom is -0.361 e. The zero-order valence-corrected chi connectivity index (χ0v) is 12.5. The summed E-state index contributed by atoms with van der Waals surface area (Å²) in [5, 5.41) is 6.65. The fraction of sp³-hybridized carbons (Fsp3) is 0.467. The molecule has 1 aliphatic heterocycles. The van der Waals surface area contributed by atoms with Crippen LogP contribution in [-0.4, -0.2) is 40.7 Å². The fourth-order valence-electron chi connectivity index (χ4n) is 2.62. The standard InChI is InChI=1S/C15H19N5O2/c1-11-8-13(19-22-11)15(21)18-9-12-2-6-20(7-3-12)14-10-16-4-5-17-14/h4-5,8,10,12H,2-3,6-7,9H2,1H3,(H,18,21). The van der Waals surface area contributed by atoms with Crippen molar-refractivity contribution in [1.82, 2.24) is 20.4 Å². The number of hydrogen-bond acceptors (Lipinski definition) is 6. The van der Waals surface area contributed by atoms with Crippen molar-refractivity contribution in [1.29, 1.82) is 0 Å². The van der Waals surface area contributed by atoms with Gasteiger partial charge in [-0.3, -0.25) is 9.78 Å². The molecule has 0 unspecified atom stereocenters. The lowest BCUT2D eigenvalue weighted by Crippen LogP contribution is -2.39. The lowest BCUT2D eigenvalue weighted by molar-refractivity contribution is 0.0936. The summed E-state index contributed by atoms with van der Waals surface area (Å²) in [7, 11) is 0. The Bertz CT molecular complexity index is 620. The first-order chi connectivity index (χ1) is 10.7. The third-order valence-electron chi connectivity index (χ3n) is 3.90. The van der Waals surface area contributed by atoms with Crippen LogP contribution in [0.25, 0.3) is 0 Å². The van der Waals surface area contributed by atoms with Crippen molar-refractivity contribution in [2.24, 2.45) is 5.92 Å². The summed E-state index contributed by atoms with van der Waals surface area (Å²) in [6.45, 7) is 4.30. The molecule has 116 valence electrons. The first-order valence-electron chi connectivity index (χ1n) is 7.45. The number of nitrogens with one attached hydrogen (secondary N) is 1. The molecule has 0 aliphatic carbocycles. The molecule has 1 fully saturated rings. The van der Waals surface area contributed by atoms with Gasteiger partial charge in [0.1, 0.15) is 11.6 Å². The Balaban J connectivity index is 1.45.